The number of aryl methyl sites for hydroxylation is 6. The molecule has 0 heterocycles. The van der Waals surface area contributed by atoms with Crippen molar-refractivity contribution in [3.8, 4) is 0 Å². The molecule has 0 atom stereocenters. The molecule has 0 saturated carbocycles. The maximum Gasteiger partial charge on any atom is -1.00 e. The molecule has 3 aromatic carbocycles. The summed E-state index contributed by atoms with van der Waals surface area (Å²) in [5.74, 6) is 0. The van der Waals surface area contributed by atoms with Gasteiger partial charge in [0.1, 0.15) is 0 Å². The van der Waals surface area contributed by atoms with Crippen LogP contribution in [0.3, 0.4) is 0 Å². The van der Waals surface area contributed by atoms with E-state index in [1.54, 1.807) is 0 Å². The van der Waals surface area contributed by atoms with Crippen LogP contribution in [0.1, 0.15) is 77.3 Å². The molecular weight excluding hydrogens is 563 g/mol. The molecule has 3 aromatic rings. The van der Waals surface area contributed by atoms with E-state index >= 15 is 0 Å². The van der Waals surface area contributed by atoms with Crippen LogP contribution < -0.4 is 37.2 Å². The van der Waals surface area contributed by atoms with Gasteiger partial charge in [-0.05, 0) is 0 Å². The molecule has 0 unspecified atom stereocenters. The molecule has 0 aromatic heterocycles. The molecule has 0 spiro atoms. The van der Waals surface area contributed by atoms with Gasteiger partial charge < -0.3 is 37.2 Å². The molecule has 0 bridgehead atoms. The smallest absolute Gasteiger partial charge is 1.00 e. The third-order valence-corrected chi connectivity index (χ3v) is 8.20. The summed E-state index contributed by atoms with van der Waals surface area (Å²) in [6.07, 6.45) is 3.47. The molecular formula is C34H39Cl3Ti. The van der Waals surface area contributed by atoms with Crippen molar-refractivity contribution < 1.29 is 57.7 Å². The van der Waals surface area contributed by atoms with Crippen molar-refractivity contribution in [1.29, 1.82) is 0 Å². The first-order chi connectivity index (χ1) is 16.3. The zero-order valence-corrected chi connectivity index (χ0v) is 27.9. The third-order valence-electron chi connectivity index (χ3n) is 7.31. The first kappa shape index (κ1) is 34.8. The molecule has 0 aliphatic heterocycles. The van der Waals surface area contributed by atoms with E-state index in [0.29, 0.717) is 0 Å². The summed E-state index contributed by atoms with van der Waals surface area (Å²) in [7, 11) is 0. The number of halogens is 3. The van der Waals surface area contributed by atoms with Crippen LogP contribution in [0.25, 0.3) is 0 Å². The molecule has 0 N–H and O–H groups in total. The summed E-state index contributed by atoms with van der Waals surface area (Å²) >= 11 is 2.36. The second-order valence-electron chi connectivity index (χ2n) is 11.8. The van der Waals surface area contributed by atoms with Crippen LogP contribution in [0.4, 0.5) is 0 Å². The van der Waals surface area contributed by atoms with Gasteiger partial charge in [-0.25, -0.2) is 0 Å². The molecule has 1 aliphatic carbocycles. The number of benzene rings is 3. The number of allylic oxidation sites excluding steroid dienone is 4. The Balaban J connectivity index is 0.00000241. The topological polar surface area (TPSA) is 0 Å². The van der Waals surface area contributed by atoms with Gasteiger partial charge in [-0.2, -0.15) is 0 Å². The minimum atomic E-state index is -0.349. The summed E-state index contributed by atoms with van der Waals surface area (Å²) in [5.41, 5.74) is 14.8. The van der Waals surface area contributed by atoms with Crippen molar-refractivity contribution in [2.45, 2.75) is 74.1 Å². The zero-order chi connectivity index (χ0) is 25.7. The van der Waals surface area contributed by atoms with Gasteiger partial charge in [-0.3, -0.25) is 0 Å². The largest absolute Gasteiger partial charge is 1.00 e. The maximum absolute atomic E-state index is 2.49. The molecule has 38 heavy (non-hydrogen) atoms. The Morgan fingerprint density at radius 1 is 0.526 bits per heavy atom. The van der Waals surface area contributed by atoms with E-state index in [4.69, 9.17) is 0 Å². The van der Waals surface area contributed by atoms with Gasteiger partial charge in [0.25, 0.3) is 0 Å². The molecule has 200 valence electrons. The van der Waals surface area contributed by atoms with Crippen LogP contribution in [0.2, 0.25) is 0 Å². The van der Waals surface area contributed by atoms with E-state index in [9.17, 15) is 0 Å². The molecule has 0 saturated heterocycles. The van der Waals surface area contributed by atoms with Gasteiger partial charge in [0.05, 0.1) is 0 Å². The summed E-state index contributed by atoms with van der Waals surface area (Å²) in [6, 6.07) is 21.5. The summed E-state index contributed by atoms with van der Waals surface area (Å²) < 4.78 is 1.45. The van der Waals surface area contributed by atoms with Gasteiger partial charge >= 0.3 is 226 Å². The van der Waals surface area contributed by atoms with Crippen molar-refractivity contribution >= 4 is 0 Å². The van der Waals surface area contributed by atoms with E-state index in [2.05, 4.69) is 143 Å². The maximum atomic E-state index is 2.49. The molecule has 0 nitrogen and oxygen atoms in total. The van der Waals surface area contributed by atoms with Crippen molar-refractivity contribution in [3.05, 3.63) is 126 Å². The average molecular weight is 602 g/mol. The second-order valence-corrected chi connectivity index (χ2v) is 12.6. The van der Waals surface area contributed by atoms with E-state index < -0.39 is 0 Å². The van der Waals surface area contributed by atoms with Crippen LogP contribution in [-0.2, 0) is 25.9 Å². The Labute approximate surface area is 261 Å². The van der Waals surface area contributed by atoms with Crippen LogP contribution in [0, 0.1) is 47.0 Å². The van der Waals surface area contributed by atoms with E-state index in [1.165, 1.54) is 65.1 Å². The Kier molecular flexibility index (Phi) is 11.8. The molecule has 1 aliphatic rings. The van der Waals surface area contributed by atoms with Crippen molar-refractivity contribution in [1.82, 2.24) is 0 Å². The summed E-state index contributed by atoms with van der Waals surface area (Å²) in [5, 5.41) is 0. The predicted molar refractivity (Wildman–Crippen MR) is 147 cm³/mol. The van der Waals surface area contributed by atoms with Crippen LogP contribution in [0.5, 0.6) is 0 Å². The van der Waals surface area contributed by atoms with Crippen molar-refractivity contribution in [2.75, 3.05) is 0 Å². The fourth-order valence-electron chi connectivity index (χ4n) is 6.19. The van der Waals surface area contributed by atoms with Crippen LogP contribution in [-0.4, -0.2) is 0 Å². The van der Waals surface area contributed by atoms with Crippen molar-refractivity contribution in [3.63, 3.8) is 0 Å². The minimum Gasteiger partial charge on any atom is -1.00 e. The van der Waals surface area contributed by atoms with Crippen LogP contribution in [0.15, 0.2) is 75.7 Å². The molecule has 4 rings (SSSR count). The predicted octanol–water partition coefficient (Wildman–Crippen LogP) is 0.0606. The summed E-state index contributed by atoms with van der Waals surface area (Å²) in [6.45, 7) is 20.4. The fourth-order valence-corrected chi connectivity index (χ4v) is 7.39. The number of hydrogen-bond acceptors (Lipinski definition) is 0. The SMILES string of the molecule is Cc1cc(C)cc(C(C2=[C]([Ti+3])C(C(C)(C)C)=CC2)(c2cc(C)cc(C)c2)c2cc(C)cc(C)c2)c1.[Cl-].[Cl-].[Cl-]. The van der Waals surface area contributed by atoms with E-state index in [0.717, 1.165) is 6.42 Å². The number of hydrogen-bond donors (Lipinski definition) is 0. The second kappa shape index (κ2) is 12.9. The number of rotatable bonds is 4. The molecule has 0 amide bonds. The first-order valence-electron chi connectivity index (χ1n) is 12.7. The van der Waals surface area contributed by atoms with Gasteiger partial charge in [0, 0.05) is 0 Å². The van der Waals surface area contributed by atoms with E-state index in [-0.39, 0.29) is 48.1 Å². The Morgan fingerprint density at radius 2 is 0.816 bits per heavy atom. The third kappa shape index (κ3) is 6.54. The monoisotopic (exact) mass is 600 g/mol. The van der Waals surface area contributed by atoms with Gasteiger partial charge in [-0.15, -0.1) is 0 Å². The fraction of sp³-hybridized carbons (Fsp3) is 0.353. The zero-order valence-electron chi connectivity index (χ0n) is 24.1. The normalized spacial score (nSPS) is 13.4. The van der Waals surface area contributed by atoms with Gasteiger partial charge in [0.15, 0.2) is 0 Å². The average Bonchev–Trinajstić information content (AvgIpc) is 3.09. The Morgan fingerprint density at radius 3 is 1.05 bits per heavy atom. The molecule has 0 fully saturated rings. The minimum absolute atomic E-state index is 0. The summed E-state index contributed by atoms with van der Waals surface area (Å²) in [4.78, 5) is 0. The quantitative estimate of drug-likeness (QED) is 0.293. The van der Waals surface area contributed by atoms with Gasteiger partial charge in [0.2, 0.25) is 0 Å². The van der Waals surface area contributed by atoms with Crippen molar-refractivity contribution in [2.24, 2.45) is 5.41 Å². The first-order valence-corrected chi connectivity index (χ1v) is 13.5. The molecule has 0 radical (unpaired) electrons. The van der Waals surface area contributed by atoms with E-state index in [1.807, 2.05) is 0 Å². The Hall–Kier alpha value is -1.28. The van der Waals surface area contributed by atoms with Crippen LogP contribution >= 0.6 is 0 Å². The Bertz CT molecular complexity index is 1190. The van der Waals surface area contributed by atoms with Gasteiger partial charge in [-0.1, -0.05) is 0 Å². The molecule has 4 heteroatoms. The standard InChI is InChI=1S/C34H39.3ClH.Ti/c1-22-12-23(2)16-30(15-22)34(31-17-24(3)13-25(4)18-31,32-19-26(5)14-27(6)20-32)29-11-10-28(21-29)33(7,8)9;;;;/h10,12-20H,11H2,1-9H3;3*1H;/q;;;;+3/p-3.